The van der Waals surface area contributed by atoms with E-state index in [1.54, 1.807) is 0 Å². The van der Waals surface area contributed by atoms with Gasteiger partial charge < -0.3 is 15.0 Å². The van der Waals surface area contributed by atoms with Gasteiger partial charge in [-0.05, 0) is 25.2 Å². The summed E-state index contributed by atoms with van der Waals surface area (Å²) in [5.41, 5.74) is 0. The van der Waals surface area contributed by atoms with Gasteiger partial charge in [0, 0.05) is 20.2 Å². The third-order valence-corrected chi connectivity index (χ3v) is 5.64. The van der Waals surface area contributed by atoms with Crippen LogP contribution in [0.2, 0.25) is 0 Å². The van der Waals surface area contributed by atoms with Crippen molar-refractivity contribution in [1.29, 1.82) is 0 Å². The molecule has 1 heterocycles. The maximum absolute atomic E-state index is 13.2. The van der Waals surface area contributed by atoms with Crippen molar-refractivity contribution in [2.75, 3.05) is 33.4 Å². The second-order valence-corrected chi connectivity index (χ2v) is 7.74. The minimum atomic E-state index is -0.731. The van der Waals surface area contributed by atoms with Crippen molar-refractivity contribution >= 4 is 24.3 Å². The molecule has 2 rings (SSSR count). The number of carbonyl (C=O) groups is 4. The van der Waals surface area contributed by atoms with Gasteiger partial charge in [-0.3, -0.25) is 24.9 Å². The maximum atomic E-state index is 13.2. The van der Waals surface area contributed by atoms with Crippen LogP contribution in [0.3, 0.4) is 0 Å². The molecule has 2 aliphatic rings. The van der Waals surface area contributed by atoms with E-state index in [0.29, 0.717) is 43.4 Å². The molecule has 164 valence electrons. The third-order valence-electron chi connectivity index (χ3n) is 5.64. The number of carbonyl (C=O) groups excluding carboxylic acids is 4. The van der Waals surface area contributed by atoms with Gasteiger partial charge in [0.2, 0.25) is 12.3 Å². The Bertz CT molecular complexity index is 581. The highest BCUT2D eigenvalue weighted by molar-refractivity contribution is 5.99. The van der Waals surface area contributed by atoms with Crippen LogP contribution in [-0.4, -0.2) is 78.8 Å². The van der Waals surface area contributed by atoms with Crippen molar-refractivity contribution in [2.45, 2.75) is 51.0 Å². The van der Waals surface area contributed by atoms with E-state index in [1.165, 1.54) is 12.0 Å². The lowest BCUT2D eigenvalue weighted by Crippen LogP contribution is -2.52. The van der Waals surface area contributed by atoms with Crippen LogP contribution in [0.1, 0.15) is 44.9 Å². The predicted octanol–water partition coefficient (Wildman–Crippen LogP) is 0.494. The fourth-order valence-electron chi connectivity index (χ4n) is 4.21. The van der Waals surface area contributed by atoms with Gasteiger partial charge in [-0.15, -0.1) is 0 Å². The van der Waals surface area contributed by atoms with Crippen LogP contribution in [0.25, 0.3) is 0 Å². The van der Waals surface area contributed by atoms with Gasteiger partial charge in [-0.25, -0.2) is 9.86 Å². The summed E-state index contributed by atoms with van der Waals surface area (Å²) < 4.78 is 4.84. The van der Waals surface area contributed by atoms with E-state index in [1.807, 2.05) is 0 Å². The normalized spacial score (nSPS) is 20.3. The Morgan fingerprint density at radius 1 is 1.24 bits per heavy atom. The number of hydroxylamine groups is 2. The Morgan fingerprint density at radius 3 is 2.62 bits per heavy atom. The van der Waals surface area contributed by atoms with Crippen molar-refractivity contribution in [1.82, 2.24) is 20.6 Å². The molecule has 1 saturated heterocycles. The Kier molecular flexibility index (Phi) is 9.33. The molecule has 0 spiro atoms. The summed E-state index contributed by atoms with van der Waals surface area (Å²) in [7, 11) is 1.51. The average Bonchev–Trinajstić information content (AvgIpc) is 3.38. The van der Waals surface area contributed by atoms with Crippen molar-refractivity contribution in [3.8, 4) is 0 Å². The molecule has 0 unspecified atom stereocenters. The van der Waals surface area contributed by atoms with Gasteiger partial charge >= 0.3 is 6.03 Å². The van der Waals surface area contributed by atoms with E-state index in [2.05, 4.69) is 10.6 Å². The van der Waals surface area contributed by atoms with Crippen LogP contribution in [0.15, 0.2) is 0 Å². The van der Waals surface area contributed by atoms with E-state index in [0.717, 1.165) is 25.7 Å². The first-order chi connectivity index (χ1) is 14.0. The first-order valence-corrected chi connectivity index (χ1v) is 10.2. The summed E-state index contributed by atoms with van der Waals surface area (Å²) in [5.74, 6) is -0.973. The molecule has 1 aliphatic carbocycles. The molecule has 1 saturated carbocycles. The molecule has 1 aliphatic heterocycles. The number of hydrogen-bond acceptors (Lipinski definition) is 6. The second-order valence-electron chi connectivity index (χ2n) is 7.74. The molecular formula is C19H32N4O6. The number of likely N-dealkylation sites (tertiary alicyclic amines) is 1. The molecule has 0 radical (unpaired) electrons. The molecule has 0 aromatic rings. The smallest absolute Gasteiger partial charge is 0.321 e. The van der Waals surface area contributed by atoms with Crippen LogP contribution >= 0.6 is 0 Å². The first-order valence-electron chi connectivity index (χ1n) is 10.2. The van der Waals surface area contributed by atoms with Gasteiger partial charge in [0.25, 0.3) is 5.91 Å². The van der Waals surface area contributed by atoms with Crippen molar-refractivity contribution < 1.29 is 29.1 Å². The molecule has 0 aromatic heterocycles. The summed E-state index contributed by atoms with van der Waals surface area (Å²) >= 11 is 0. The molecule has 10 nitrogen and oxygen atoms in total. The fourth-order valence-corrected chi connectivity index (χ4v) is 4.21. The standard InChI is InChI=1S/C19H32N4O6/c1-29-10-8-20-19(27)21-17(25)16-7-4-9-23(16)18(26)15(12-22(28)13-24)11-14-5-2-3-6-14/h13-16,28H,2-12H2,1H3,(H2,20,21,25,27)/t15-,16+/m1/s1. The van der Waals surface area contributed by atoms with E-state index in [4.69, 9.17) is 4.74 Å². The van der Waals surface area contributed by atoms with Gasteiger partial charge in [0.15, 0.2) is 0 Å². The first kappa shape index (κ1) is 23.1. The molecule has 2 fully saturated rings. The monoisotopic (exact) mass is 412 g/mol. The zero-order valence-electron chi connectivity index (χ0n) is 17.0. The van der Waals surface area contributed by atoms with Crippen molar-refractivity contribution in [3.05, 3.63) is 0 Å². The molecule has 10 heteroatoms. The summed E-state index contributed by atoms with van der Waals surface area (Å²) in [6, 6.07) is -1.36. The number of rotatable bonds is 10. The van der Waals surface area contributed by atoms with Gasteiger partial charge in [-0.2, -0.15) is 0 Å². The topological polar surface area (TPSA) is 128 Å². The average molecular weight is 412 g/mol. The molecule has 3 N–H and O–H groups in total. The molecule has 0 aromatic carbocycles. The number of nitrogens with one attached hydrogen (secondary N) is 2. The predicted molar refractivity (Wildman–Crippen MR) is 103 cm³/mol. The van der Waals surface area contributed by atoms with Crippen LogP contribution in [-0.2, 0) is 19.1 Å². The number of imide groups is 1. The van der Waals surface area contributed by atoms with Crippen LogP contribution in [0, 0.1) is 11.8 Å². The van der Waals surface area contributed by atoms with E-state index < -0.39 is 23.9 Å². The second kappa shape index (κ2) is 11.7. The molecule has 5 amide bonds. The summed E-state index contributed by atoms with van der Waals surface area (Å²) in [6.07, 6.45) is 6.28. The Morgan fingerprint density at radius 2 is 1.97 bits per heavy atom. The van der Waals surface area contributed by atoms with Gasteiger partial charge in [-0.1, -0.05) is 25.7 Å². The summed E-state index contributed by atoms with van der Waals surface area (Å²) in [5, 5.41) is 14.9. The number of nitrogens with zero attached hydrogens (tertiary/aromatic N) is 2. The van der Waals surface area contributed by atoms with Crippen molar-refractivity contribution in [2.24, 2.45) is 11.8 Å². The Balaban J connectivity index is 1.99. The van der Waals surface area contributed by atoms with Crippen LogP contribution in [0.5, 0.6) is 0 Å². The molecule has 2 atom stereocenters. The number of urea groups is 1. The Hall–Kier alpha value is -2.20. The van der Waals surface area contributed by atoms with E-state index in [-0.39, 0.29) is 25.4 Å². The molecule has 29 heavy (non-hydrogen) atoms. The number of amides is 5. The van der Waals surface area contributed by atoms with Gasteiger partial charge in [0.05, 0.1) is 19.1 Å². The highest BCUT2D eigenvalue weighted by Gasteiger charge is 2.39. The van der Waals surface area contributed by atoms with Crippen LogP contribution in [0.4, 0.5) is 4.79 Å². The quantitative estimate of drug-likeness (QED) is 0.207. The third kappa shape index (κ3) is 6.97. The van der Waals surface area contributed by atoms with Crippen molar-refractivity contribution in [3.63, 3.8) is 0 Å². The zero-order valence-corrected chi connectivity index (χ0v) is 17.0. The van der Waals surface area contributed by atoms with E-state index in [9.17, 15) is 24.4 Å². The maximum Gasteiger partial charge on any atom is 0.321 e. The highest BCUT2D eigenvalue weighted by Crippen LogP contribution is 2.32. The number of methoxy groups -OCH3 is 1. The highest BCUT2D eigenvalue weighted by atomic mass is 16.5. The van der Waals surface area contributed by atoms with E-state index >= 15 is 0 Å². The number of hydrogen-bond donors (Lipinski definition) is 3. The zero-order chi connectivity index (χ0) is 21.2. The molecular weight excluding hydrogens is 380 g/mol. The fraction of sp³-hybridized carbons (Fsp3) is 0.789. The number of ether oxygens (including phenoxy) is 1. The lowest BCUT2D eigenvalue weighted by Gasteiger charge is -2.30. The minimum Gasteiger partial charge on any atom is -0.383 e. The van der Waals surface area contributed by atoms with Gasteiger partial charge in [0.1, 0.15) is 6.04 Å². The summed E-state index contributed by atoms with van der Waals surface area (Å²) in [6.45, 7) is 0.911. The van der Waals surface area contributed by atoms with Crippen LogP contribution < -0.4 is 10.6 Å². The largest absolute Gasteiger partial charge is 0.383 e. The SMILES string of the molecule is COCCNC(=O)NC(=O)[C@@H]1CCCN1C(=O)[C@H](CC1CCCC1)CN(O)C=O. The lowest BCUT2D eigenvalue weighted by atomic mass is 9.91. The molecule has 0 bridgehead atoms. The lowest BCUT2D eigenvalue weighted by molar-refractivity contribution is -0.158. The minimum absolute atomic E-state index is 0.0961. The Labute approximate surface area is 170 Å². The summed E-state index contributed by atoms with van der Waals surface area (Å²) in [4.78, 5) is 49.9.